The van der Waals surface area contributed by atoms with Crippen LogP contribution in [0.15, 0.2) is 48.5 Å². The van der Waals surface area contributed by atoms with E-state index in [4.69, 9.17) is 10.5 Å². The predicted octanol–water partition coefficient (Wildman–Crippen LogP) is 2.31. The molecule has 0 saturated carbocycles. The fourth-order valence-electron chi connectivity index (χ4n) is 2.08. The lowest BCUT2D eigenvalue weighted by Gasteiger charge is -2.08. The first-order chi connectivity index (χ1) is 10.7. The fourth-order valence-corrected chi connectivity index (χ4v) is 2.08. The number of tetrazole rings is 1. The van der Waals surface area contributed by atoms with E-state index in [1.165, 1.54) is 5.56 Å². The Kier molecular flexibility index (Phi) is 4.00. The highest BCUT2D eigenvalue weighted by Crippen LogP contribution is 2.17. The van der Waals surface area contributed by atoms with Gasteiger partial charge < -0.3 is 10.5 Å². The summed E-state index contributed by atoms with van der Waals surface area (Å²) in [5.74, 6) is 1.51. The maximum atomic E-state index is 5.67. The number of nitrogens with two attached hydrogens (primary N) is 1. The van der Waals surface area contributed by atoms with E-state index in [1.54, 1.807) is 4.68 Å². The average molecular weight is 295 g/mol. The molecule has 1 aromatic heterocycles. The van der Waals surface area contributed by atoms with Crippen molar-refractivity contribution in [3.63, 3.8) is 0 Å². The summed E-state index contributed by atoms with van der Waals surface area (Å²) in [4.78, 5) is 0. The van der Waals surface area contributed by atoms with Gasteiger partial charge >= 0.3 is 0 Å². The summed E-state index contributed by atoms with van der Waals surface area (Å²) in [5, 5.41) is 11.8. The van der Waals surface area contributed by atoms with Crippen LogP contribution in [0, 0.1) is 6.92 Å². The number of ether oxygens (including phenoxy) is 1. The van der Waals surface area contributed by atoms with Crippen LogP contribution in [0.4, 0.5) is 5.69 Å². The molecule has 6 nitrogen and oxygen atoms in total. The maximum Gasteiger partial charge on any atom is 0.182 e. The third-order valence-corrected chi connectivity index (χ3v) is 3.29. The van der Waals surface area contributed by atoms with Crippen molar-refractivity contribution in [3.8, 4) is 17.1 Å². The second-order valence-corrected chi connectivity index (χ2v) is 5.01. The first-order valence-electron chi connectivity index (χ1n) is 7.04. The molecule has 0 saturated heterocycles. The minimum Gasteiger partial charge on any atom is -0.492 e. The largest absolute Gasteiger partial charge is 0.492 e. The topological polar surface area (TPSA) is 78.8 Å². The smallest absolute Gasteiger partial charge is 0.182 e. The first-order valence-corrected chi connectivity index (χ1v) is 7.04. The number of anilines is 1. The van der Waals surface area contributed by atoms with Crippen molar-refractivity contribution in [2.75, 3.05) is 12.3 Å². The molecule has 6 heteroatoms. The Labute approximate surface area is 128 Å². The van der Waals surface area contributed by atoms with Gasteiger partial charge in [-0.25, -0.2) is 4.68 Å². The summed E-state index contributed by atoms with van der Waals surface area (Å²) in [6, 6.07) is 15.4. The lowest BCUT2D eigenvalue weighted by molar-refractivity contribution is 0.290. The van der Waals surface area contributed by atoms with Crippen LogP contribution in [0.25, 0.3) is 11.4 Å². The van der Waals surface area contributed by atoms with E-state index >= 15 is 0 Å². The van der Waals surface area contributed by atoms with Crippen molar-refractivity contribution in [2.24, 2.45) is 0 Å². The van der Waals surface area contributed by atoms with Crippen molar-refractivity contribution in [1.82, 2.24) is 20.2 Å². The Hall–Kier alpha value is -2.89. The Morgan fingerprint density at radius 2 is 1.77 bits per heavy atom. The summed E-state index contributed by atoms with van der Waals surface area (Å²) in [5.41, 5.74) is 8.55. The molecule has 3 rings (SSSR count). The number of rotatable bonds is 5. The van der Waals surface area contributed by atoms with Gasteiger partial charge in [0.25, 0.3) is 0 Å². The van der Waals surface area contributed by atoms with Gasteiger partial charge in [-0.3, -0.25) is 0 Å². The quantitative estimate of drug-likeness (QED) is 0.731. The molecule has 0 unspecified atom stereocenters. The van der Waals surface area contributed by atoms with Gasteiger partial charge in [0.2, 0.25) is 0 Å². The van der Waals surface area contributed by atoms with E-state index < -0.39 is 0 Å². The molecule has 0 aliphatic heterocycles. The molecule has 22 heavy (non-hydrogen) atoms. The van der Waals surface area contributed by atoms with Crippen molar-refractivity contribution < 1.29 is 4.74 Å². The highest BCUT2D eigenvalue weighted by Gasteiger charge is 2.08. The van der Waals surface area contributed by atoms with Crippen LogP contribution in [0.5, 0.6) is 5.75 Å². The van der Waals surface area contributed by atoms with Gasteiger partial charge in [-0.1, -0.05) is 29.8 Å². The number of aromatic nitrogens is 4. The van der Waals surface area contributed by atoms with E-state index in [9.17, 15) is 0 Å². The van der Waals surface area contributed by atoms with Gasteiger partial charge in [-0.2, -0.15) is 0 Å². The van der Waals surface area contributed by atoms with Gasteiger partial charge in [0, 0.05) is 11.3 Å². The van der Waals surface area contributed by atoms with E-state index in [0.717, 1.165) is 22.8 Å². The third kappa shape index (κ3) is 3.22. The predicted molar refractivity (Wildman–Crippen MR) is 84.3 cm³/mol. The molecule has 1 heterocycles. The summed E-state index contributed by atoms with van der Waals surface area (Å²) >= 11 is 0. The van der Waals surface area contributed by atoms with Crippen LogP contribution < -0.4 is 10.5 Å². The van der Waals surface area contributed by atoms with Gasteiger partial charge in [0.15, 0.2) is 5.82 Å². The standard InChI is InChI=1S/C16H17N5O/c1-12-2-4-13(5-3-12)16-18-19-20-21(16)10-11-22-15-8-6-14(17)7-9-15/h2-9H,10-11,17H2,1H3. The van der Waals surface area contributed by atoms with Crippen LogP contribution in [0.3, 0.4) is 0 Å². The third-order valence-electron chi connectivity index (χ3n) is 3.29. The zero-order valence-electron chi connectivity index (χ0n) is 12.3. The normalized spacial score (nSPS) is 10.6. The number of nitrogen functional groups attached to an aromatic ring is 1. The molecule has 2 N–H and O–H groups in total. The minimum absolute atomic E-state index is 0.480. The molecule has 112 valence electrons. The van der Waals surface area contributed by atoms with Crippen molar-refractivity contribution in [1.29, 1.82) is 0 Å². The fraction of sp³-hybridized carbons (Fsp3) is 0.188. The van der Waals surface area contributed by atoms with E-state index in [-0.39, 0.29) is 0 Å². The molecule has 0 aliphatic carbocycles. The first kappa shape index (κ1) is 14.1. The molecule has 0 atom stereocenters. The van der Waals surface area contributed by atoms with Gasteiger partial charge in [-0.15, -0.1) is 5.10 Å². The Balaban J connectivity index is 1.65. The Morgan fingerprint density at radius 1 is 1.05 bits per heavy atom. The highest BCUT2D eigenvalue weighted by atomic mass is 16.5. The van der Waals surface area contributed by atoms with Crippen molar-refractivity contribution in [3.05, 3.63) is 54.1 Å². The second-order valence-electron chi connectivity index (χ2n) is 5.01. The van der Waals surface area contributed by atoms with Crippen LogP contribution in [0.2, 0.25) is 0 Å². The van der Waals surface area contributed by atoms with Gasteiger partial charge in [-0.05, 0) is 41.6 Å². The molecule has 0 fully saturated rings. The van der Waals surface area contributed by atoms with Crippen molar-refractivity contribution >= 4 is 5.69 Å². The van der Waals surface area contributed by atoms with Crippen LogP contribution in [0.1, 0.15) is 5.56 Å². The molecular weight excluding hydrogens is 278 g/mol. The monoisotopic (exact) mass is 295 g/mol. The number of hydrogen-bond donors (Lipinski definition) is 1. The summed E-state index contributed by atoms with van der Waals surface area (Å²) in [6.07, 6.45) is 0. The molecule has 0 radical (unpaired) electrons. The zero-order valence-corrected chi connectivity index (χ0v) is 12.3. The summed E-state index contributed by atoms with van der Waals surface area (Å²) in [6.45, 7) is 3.10. The van der Waals surface area contributed by atoms with E-state index in [0.29, 0.717) is 13.2 Å². The Morgan fingerprint density at radius 3 is 2.50 bits per heavy atom. The van der Waals surface area contributed by atoms with Crippen LogP contribution in [-0.2, 0) is 6.54 Å². The molecule has 0 spiro atoms. The van der Waals surface area contributed by atoms with Crippen LogP contribution >= 0.6 is 0 Å². The summed E-state index contributed by atoms with van der Waals surface area (Å²) < 4.78 is 7.41. The zero-order chi connectivity index (χ0) is 15.4. The lowest BCUT2D eigenvalue weighted by atomic mass is 10.1. The van der Waals surface area contributed by atoms with E-state index in [2.05, 4.69) is 15.5 Å². The minimum atomic E-state index is 0.480. The molecule has 0 bridgehead atoms. The van der Waals surface area contributed by atoms with Gasteiger partial charge in [0.1, 0.15) is 12.4 Å². The lowest BCUT2D eigenvalue weighted by Crippen LogP contribution is -2.11. The number of aryl methyl sites for hydroxylation is 1. The SMILES string of the molecule is Cc1ccc(-c2nnnn2CCOc2ccc(N)cc2)cc1. The average Bonchev–Trinajstić information content (AvgIpc) is 2.98. The number of benzene rings is 2. The molecule has 3 aromatic rings. The number of nitrogens with zero attached hydrogens (tertiary/aromatic N) is 4. The van der Waals surface area contributed by atoms with Gasteiger partial charge in [0.05, 0.1) is 6.54 Å². The number of hydrogen-bond acceptors (Lipinski definition) is 5. The molecule has 0 amide bonds. The molecule has 0 aliphatic rings. The summed E-state index contributed by atoms with van der Waals surface area (Å²) in [7, 11) is 0. The van der Waals surface area contributed by atoms with Crippen LogP contribution in [-0.4, -0.2) is 26.8 Å². The maximum absolute atomic E-state index is 5.67. The molecule has 2 aromatic carbocycles. The van der Waals surface area contributed by atoms with Crippen molar-refractivity contribution in [2.45, 2.75) is 13.5 Å². The second kappa shape index (κ2) is 6.26. The molecular formula is C16H17N5O. The highest BCUT2D eigenvalue weighted by molar-refractivity contribution is 5.54. The Bertz CT molecular complexity index is 734. The van der Waals surface area contributed by atoms with E-state index in [1.807, 2.05) is 55.5 Å².